The van der Waals surface area contributed by atoms with Crippen LogP contribution in [0.5, 0.6) is 5.75 Å². The van der Waals surface area contributed by atoms with Crippen molar-refractivity contribution in [2.75, 3.05) is 12.4 Å². The number of nitrogens with two attached hydrogens (primary N) is 1. The molecule has 0 saturated heterocycles. The van der Waals surface area contributed by atoms with E-state index in [-0.39, 0.29) is 5.91 Å². The Labute approximate surface area is 110 Å². The number of amides is 1. The van der Waals surface area contributed by atoms with Crippen molar-refractivity contribution in [1.29, 1.82) is 0 Å². The second-order valence-corrected chi connectivity index (χ2v) is 4.06. The summed E-state index contributed by atoms with van der Waals surface area (Å²) in [5.74, 6) is 0.926. The number of ether oxygens (including phenoxy) is 1. The van der Waals surface area contributed by atoms with Crippen LogP contribution in [-0.4, -0.2) is 24.0 Å². The number of carbonyl (C=O) groups excluding carboxylic acids is 1. The number of benzene rings is 1. The van der Waals surface area contributed by atoms with Crippen molar-refractivity contribution in [1.82, 2.24) is 4.98 Å². The molecule has 0 radical (unpaired) electrons. The zero-order chi connectivity index (χ0) is 13.8. The van der Waals surface area contributed by atoms with Gasteiger partial charge in [0.2, 0.25) is 5.91 Å². The largest absolute Gasteiger partial charge is 0.496 e. The zero-order valence-electron chi connectivity index (χ0n) is 10.7. The first kappa shape index (κ1) is 13.1. The maximum atomic E-state index is 11.5. The molecule has 1 atom stereocenters. The summed E-state index contributed by atoms with van der Waals surface area (Å²) in [4.78, 5) is 15.4. The molecule has 0 spiro atoms. The zero-order valence-corrected chi connectivity index (χ0v) is 10.7. The first-order chi connectivity index (χ1) is 9.11. The number of rotatable bonds is 4. The SMILES string of the molecule is COc1cc(NC(=O)[C@@H](C)N)ccc1-c1cnco1. The van der Waals surface area contributed by atoms with Gasteiger partial charge in [-0.25, -0.2) is 4.98 Å². The van der Waals surface area contributed by atoms with E-state index in [1.54, 1.807) is 38.4 Å². The summed E-state index contributed by atoms with van der Waals surface area (Å²) in [6, 6.07) is 4.68. The molecule has 1 heterocycles. The van der Waals surface area contributed by atoms with Gasteiger partial charge in [-0.2, -0.15) is 0 Å². The van der Waals surface area contributed by atoms with Crippen LogP contribution >= 0.6 is 0 Å². The van der Waals surface area contributed by atoms with Crippen molar-refractivity contribution in [3.63, 3.8) is 0 Å². The van der Waals surface area contributed by atoms with Crippen molar-refractivity contribution < 1.29 is 13.9 Å². The summed E-state index contributed by atoms with van der Waals surface area (Å²) >= 11 is 0. The maximum absolute atomic E-state index is 11.5. The third-order valence-electron chi connectivity index (χ3n) is 2.58. The highest BCUT2D eigenvalue weighted by Crippen LogP contribution is 2.32. The fraction of sp³-hybridized carbons (Fsp3) is 0.231. The van der Waals surface area contributed by atoms with Crippen molar-refractivity contribution in [3.8, 4) is 17.1 Å². The molecule has 1 aromatic carbocycles. The molecule has 1 aromatic heterocycles. The van der Waals surface area contributed by atoms with Crippen LogP contribution in [0, 0.1) is 0 Å². The Morgan fingerprint density at radius 2 is 2.32 bits per heavy atom. The molecule has 2 aromatic rings. The molecule has 0 aliphatic heterocycles. The fourth-order valence-corrected chi connectivity index (χ4v) is 1.58. The molecule has 100 valence electrons. The molecule has 2 rings (SSSR count). The molecular weight excluding hydrogens is 246 g/mol. The Morgan fingerprint density at radius 3 is 2.89 bits per heavy atom. The smallest absolute Gasteiger partial charge is 0.241 e. The van der Waals surface area contributed by atoms with Crippen LogP contribution in [0.15, 0.2) is 35.2 Å². The van der Waals surface area contributed by atoms with Gasteiger partial charge in [-0.3, -0.25) is 4.79 Å². The maximum Gasteiger partial charge on any atom is 0.241 e. The van der Waals surface area contributed by atoms with E-state index in [1.165, 1.54) is 6.39 Å². The van der Waals surface area contributed by atoms with Crippen LogP contribution in [0.4, 0.5) is 5.69 Å². The minimum Gasteiger partial charge on any atom is -0.496 e. The van der Waals surface area contributed by atoms with Crippen molar-refractivity contribution in [2.24, 2.45) is 5.73 Å². The van der Waals surface area contributed by atoms with Gasteiger partial charge in [0.15, 0.2) is 12.2 Å². The Kier molecular flexibility index (Phi) is 3.82. The van der Waals surface area contributed by atoms with Crippen LogP contribution in [0.25, 0.3) is 11.3 Å². The summed E-state index contributed by atoms with van der Waals surface area (Å²) in [6.45, 7) is 1.62. The van der Waals surface area contributed by atoms with Crippen LogP contribution in [0.2, 0.25) is 0 Å². The number of carbonyl (C=O) groups is 1. The predicted molar refractivity (Wildman–Crippen MR) is 70.8 cm³/mol. The lowest BCUT2D eigenvalue weighted by atomic mass is 10.1. The van der Waals surface area contributed by atoms with E-state index >= 15 is 0 Å². The Morgan fingerprint density at radius 1 is 1.53 bits per heavy atom. The summed E-state index contributed by atoms with van der Waals surface area (Å²) < 4.78 is 10.5. The van der Waals surface area contributed by atoms with E-state index in [0.717, 1.165) is 5.56 Å². The third kappa shape index (κ3) is 2.92. The van der Waals surface area contributed by atoms with E-state index in [0.29, 0.717) is 17.2 Å². The molecule has 0 aliphatic rings. The molecule has 6 nitrogen and oxygen atoms in total. The highest BCUT2D eigenvalue weighted by Gasteiger charge is 2.12. The monoisotopic (exact) mass is 261 g/mol. The molecule has 0 fully saturated rings. The minimum atomic E-state index is -0.569. The lowest BCUT2D eigenvalue weighted by Gasteiger charge is -2.11. The molecule has 1 amide bonds. The van der Waals surface area contributed by atoms with Crippen LogP contribution in [0.3, 0.4) is 0 Å². The van der Waals surface area contributed by atoms with Gasteiger partial charge in [-0.15, -0.1) is 0 Å². The lowest BCUT2D eigenvalue weighted by molar-refractivity contribution is -0.117. The van der Waals surface area contributed by atoms with E-state index in [9.17, 15) is 4.79 Å². The number of hydrogen-bond acceptors (Lipinski definition) is 5. The molecular formula is C13H15N3O3. The summed E-state index contributed by atoms with van der Waals surface area (Å²) in [7, 11) is 1.55. The molecule has 0 unspecified atom stereocenters. The number of anilines is 1. The lowest BCUT2D eigenvalue weighted by Crippen LogP contribution is -2.32. The van der Waals surface area contributed by atoms with Gasteiger partial charge in [-0.1, -0.05) is 0 Å². The average Bonchev–Trinajstić information content (AvgIpc) is 2.92. The van der Waals surface area contributed by atoms with Gasteiger partial charge in [0, 0.05) is 11.8 Å². The topological polar surface area (TPSA) is 90.4 Å². The number of aromatic nitrogens is 1. The van der Waals surface area contributed by atoms with Crippen molar-refractivity contribution >= 4 is 11.6 Å². The second-order valence-electron chi connectivity index (χ2n) is 4.06. The Bertz CT molecular complexity index is 565. The predicted octanol–water partition coefficient (Wildman–Crippen LogP) is 1.64. The van der Waals surface area contributed by atoms with E-state index < -0.39 is 6.04 Å². The van der Waals surface area contributed by atoms with Gasteiger partial charge >= 0.3 is 0 Å². The molecule has 0 bridgehead atoms. The second kappa shape index (κ2) is 5.53. The fourth-order valence-electron chi connectivity index (χ4n) is 1.58. The van der Waals surface area contributed by atoms with Crippen LogP contribution < -0.4 is 15.8 Å². The molecule has 0 saturated carbocycles. The summed E-state index contributed by atoms with van der Waals surface area (Å²) in [5.41, 5.74) is 6.87. The minimum absolute atomic E-state index is 0.255. The number of nitrogens with one attached hydrogen (secondary N) is 1. The molecule has 19 heavy (non-hydrogen) atoms. The van der Waals surface area contributed by atoms with Crippen molar-refractivity contribution in [2.45, 2.75) is 13.0 Å². The number of oxazole rings is 1. The van der Waals surface area contributed by atoms with E-state index in [2.05, 4.69) is 10.3 Å². The molecule has 6 heteroatoms. The highest BCUT2D eigenvalue weighted by atomic mass is 16.5. The first-order valence-electron chi connectivity index (χ1n) is 5.75. The van der Waals surface area contributed by atoms with E-state index in [1.807, 2.05) is 0 Å². The first-order valence-corrected chi connectivity index (χ1v) is 5.75. The summed E-state index contributed by atoms with van der Waals surface area (Å²) in [5, 5.41) is 2.70. The average molecular weight is 261 g/mol. The number of nitrogens with zero attached hydrogens (tertiary/aromatic N) is 1. The number of methoxy groups -OCH3 is 1. The van der Waals surface area contributed by atoms with Gasteiger partial charge in [-0.05, 0) is 19.1 Å². The Balaban J connectivity index is 2.29. The van der Waals surface area contributed by atoms with Gasteiger partial charge < -0.3 is 20.2 Å². The molecule has 0 aliphatic carbocycles. The third-order valence-corrected chi connectivity index (χ3v) is 2.58. The quantitative estimate of drug-likeness (QED) is 0.873. The van der Waals surface area contributed by atoms with E-state index in [4.69, 9.17) is 14.9 Å². The molecule has 3 N–H and O–H groups in total. The van der Waals surface area contributed by atoms with Crippen LogP contribution in [-0.2, 0) is 4.79 Å². The van der Waals surface area contributed by atoms with Crippen LogP contribution in [0.1, 0.15) is 6.92 Å². The standard InChI is InChI=1S/C13H15N3O3/c1-8(14)13(17)16-9-3-4-10(11(5-9)18-2)12-6-15-7-19-12/h3-8H,14H2,1-2H3,(H,16,17)/t8-/m1/s1. The number of hydrogen-bond donors (Lipinski definition) is 2. The highest BCUT2D eigenvalue weighted by molar-refractivity contribution is 5.94. The van der Waals surface area contributed by atoms with Gasteiger partial charge in [0.05, 0.1) is 24.9 Å². The van der Waals surface area contributed by atoms with Gasteiger partial charge in [0.1, 0.15) is 5.75 Å². The summed E-state index contributed by atoms with van der Waals surface area (Å²) in [6.07, 6.45) is 2.94. The van der Waals surface area contributed by atoms with Gasteiger partial charge in [0.25, 0.3) is 0 Å². The Hall–Kier alpha value is -2.34. The van der Waals surface area contributed by atoms with Crippen molar-refractivity contribution in [3.05, 3.63) is 30.8 Å². The normalized spacial score (nSPS) is 11.9.